The lowest BCUT2D eigenvalue weighted by Crippen LogP contribution is -2.34. The summed E-state index contributed by atoms with van der Waals surface area (Å²) in [6, 6.07) is 0. The number of aliphatic imine (C=N–C) groups is 1. The monoisotopic (exact) mass is 367 g/mol. The molecule has 0 aliphatic carbocycles. The lowest BCUT2D eigenvalue weighted by molar-refractivity contribution is 0.0545. The zero-order valence-corrected chi connectivity index (χ0v) is 13.1. The minimum absolute atomic E-state index is 0.0538. The van der Waals surface area contributed by atoms with Crippen LogP contribution in [0, 0.1) is 0 Å². The van der Waals surface area contributed by atoms with E-state index in [0.29, 0.717) is 4.62 Å². The van der Waals surface area contributed by atoms with Crippen molar-refractivity contribution in [3.05, 3.63) is 23.1 Å². The van der Waals surface area contributed by atoms with Crippen LogP contribution in [0.5, 0.6) is 0 Å². The first-order valence-corrected chi connectivity index (χ1v) is 6.26. The van der Waals surface area contributed by atoms with E-state index in [0.717, 1.165) is 0 Å². The fraction of sp³-hybridized carbons (Fsp3) is 0.400. The van der Waals surface area contributed by atoms with Crippen molar-refractivity contribution in [2.45, 2.75) is 26.4 Å². The summed E-state index contributed by atoms with van der Waals surface area (Å²) in [7, 11) is 0. The van der Waals surface area contributed by atoms with Crippen LogP contribution in [0.4, 0.5) is 4.79 Å². The Hall–Kier alpha value is -0.820. The van der Waals surface area contributed by atoms with Gasteiger partial charge in [-0.1, -0.05) is 6.58 Å². The van der Waals surface area contributed by atoms with Gasteiger partial charge in [-0.25, -0.2) is 9.79 Å². The van der Waals surface area contributed by atoms with Gasteiger partial charge < -0.3 is 10.5 Å². The average Bonchev–Trinajstić information content (AvgIpc) is 2.14. The molecule has 17 heavy (non-hydrogen) atoms. The highest BCUT2D eigenvalue weighted by atomic mass is 79.9. The SMILES string of the molecule is C=C/C(Br)=N\C(Br)=C(/N)NC(=O)OC(C)(C)C. The number of nitrogens with one attached hydrogen (secondary N) is 1. The second-order valence-electron chi connectivity index (χ2n) is 3.97. The Morgan fingerprint density at radius 3 is 2.41 bits per heavy atom. The fourth-order valence-corrected chi connectivity index (χ4v) is 1.37. The van der Waals surface area contributed by atoms with Gasteiger partial charge in [0.2, 0.25) is 0 Å². The maximum absolute atomic E-state index is 11.4. The molecule has 1 amide bonds. The predicted octanol–water partition coefficient (Wildman–Crippen LogP) is 2.97. The number of alkyl carbamates (subject to hydrolysis) is 1. The van der Waals surface area contributed by atoms with E-state index in [1.165, 1.54) is 6.08 Å². The second kappa shape index (κ2) is 6.80. The molecule has 0 aromatic heterocycles. The number of nitrogens with zero attached hydrogens (tertiary/aromatic N) is 1. The first kappa shape index (κ1) is 16.2. The summed E-state index contributed by atoms with van der Waals surface area (Å²) >= 11 is 6.24. The number of halogens is 2. The topological polar surface area (TPSA) is 76.7 Å². The third-order valence-corrected chi connectivity index (χ3v) is 2.34. The summed E-state index contributed by atoms with van der Waals surface area (Å²) in [6.45, 7) is 8.78. The van der Waals surface area contributed by atoms with Crippen molar-refractivity contribution in [3.63, 3.8) is 0 Å². The van der Waals surface area contributed by atoms with E-state index in [-0.39, 0.29) is 10.4 Å². The molecule has 5 nitrogen and oxygen atoms in total. The zero-order valence-electron chi connectivity index (χ0n) is 9.88. The van der Waals surface area contributed by atoms with Crippen molar-refractivity contribution in [1.82, 2.24) is 5.32 Å². The number of rotatable bonds is 3. The van der Waals surface area contributed by atoms with Crippen LogP contribution in [-0.2, 0) is 4.74 Å². The van der Waals surface area contributed by atoms with E-state index in [2.05, 4.69) is 48.7 Å². The van der Waals surface area contributed by atoms with Gasteiger partial charge in [0.25, 0.3) is 0 Å². The van der Waals surface area contributed by atoms with Crippen LogP contribution < -0.4 is 11.1 Å². The first-order valence-electron chi connectivity index (χ1n) is 4.67. The minimum Gasteiger partial charge on any atom is -0.444 e. The van der Waals surface area contributed by atoms with Crippen molar-refractivity contribution < 1.29 is 9.53 Å². The van der Waals surface area contributed by atoms with Crippen LogP contribution in [0.15, 0.2) is 28.1 Å². The molecule has 0 rings (SSSR count). The van der Waals surface area contributed by atoms with Gasteiger partial charge in [-0.2, -0.15) is 0 Å². The standard InChI is InChI=1S/C10H15Br2N3O2/c1-5-6(11)14-7(12)8(13)15-9(16)17-10(2,3)4/h5H,1,13H2,2-4H3,(H,15,16)/b8-7+,14-6+. The maximum atomic E-state index is 11.4. The van der Waals surface area contributed by atoms with Gasteiger partial charge in [0.1, 0.15) is 20.6 Å². The van der Waals surface area contributed by atoms with Crippen LogP contribution in [0.1, 0.15) is 20.8 Å². The third kappa shape index (κ3) is 7.98. The van der Waals surface area contributed by atoms with Crippen molar-refractivity contribution in [1.29, 1.82) is 0 Å². The number of amides is 1. The van der Waals surface area contributed by atoms with Crippen LogP contribution >= 0.6 is 31.9 Å². The van der Waals surface area contributed by atoms with Crippen molar-refractivity contribution >= 4 is 42.6 Å². The lowest BCUT2D eigenvalue weighted by Gasteiger charge is -2.19. The molecular weight excluding hydrogens is 354 g/mol. The molecule has 0 fully saturated rings. The second-order valence-corrected chi connectivity index (χ2v) is 5.53. The molecule has 0 aliphatic rings. The quantitative estimate of drug-likeness (QED) is 0.593. The van der Waals surface area contributed by atoms with Gasteiger partial charge in [-0.05, 0) is 58.7 Å². The Labute approximate surface area is 117 Å². The normalized spacial score (nSPS) is 13.8. The highest BCUT2D eigenvalue weighted by molar-refractivity contribution is 9.18. The van der Waals surface area contributed by atoms with E-state index in [4.69, 9.17) is 10.5 Å². The lowest BCUT2D eigenvalue weighted by atomic mass is 10.2. The number of ether oxygens (including phenoxy) is 1. The molecule has 7 heteroatoms. The summed E-state index contributed by atoms with van der Waals surface area (Å²) in [5, 5.41) is 2.35. The Morgan fingerprint density at radius 2 is 2.00 bits per heavy atom. The fourth-order valence-electron chi connectivity index (χ4n) is 0.665. The summed E-state index contributed by atoms with van der Waals surface area (Å²) < 4.78 is 5.78. The van der Waals surface area contributed by atoms with Gasteiger partial charge in [-0.15, -0.1) is 0 Å². The van der Waals surface area contributed by atoms with E-state index in [9.17, 15) is 4.79 Å². The zero-order chi connectivity index (χ0) is 13.6. The van der Waals surface area contributed by atoms with Gasteiger partial charge in [0.05, 0.1) is 0 Å². The largest absolute Gasteiger partial charge is 0.444 e. The number of hydrogen-bond donors (Lipinski definition) is 2. The van der Waals surface area contributed by atoms with Crippen molar-refractivity contribution in [3.8, 4) is 0 Å². The van der Waals surface area contributed by atoms with Crippen molar-refractivity contribution in [2.75, 3.05) is 0 Å². The van der Waals surface area contributed by atoms with Crippen molar-refractivity contribution in [2.24, 2.45) is 10.7 Å². The number of nitrogens with two attached hydrogens (primary N) is 1. The summed E-state index contributed by atoms with van der Waals surface area (Å²) in [4.78, 5) is 15.3. The Morgan fingerprint density at radius 1 is 1.47 bits per heavy atom. The number of allylic oxidation sites excluding steroid dienone is 1. The van der Waals surface area contributed by atoms with Crippen LogP contribution in [0.3, 0.4) is 0 Å². The molecule has 0 heterocycles. The number of carbonyl (C=O) groups is 1. The summed E-state index contributed by atoms with van der Waals surface area (Å²) in [6.07, 6.45) is 0.846. The maximum Gasteiger partial charge on any atom is 0.413 e. The van der Waals surface area contributed by atoms with E-state index in [1.54, 1.807) is 20.8 Å². The predicted molar refractivity (Wildman–Crippen MR) is 76.1 cm³/mol. The highest BCUT2D eigenvalue weighted by Gasteiger charge is 2.16. The molecule has 0 atom stereocenters. The first-order chi connectivity index (χ1) is 7.65. The molecule has 0 spiro atoms. The molecule has 0 aromatic carbocycles. The summed E-state index contributed by atoms with van der Waals surface area (Å²) in [5.74, 6) is 0.0538. The molecule has 0 aliphatic heterocycles. The van der Waals surface area contributed by atoms with Crippen LogP contribution in [0.25, 0.3) is 0 Å². The molecule has 0 unspecified atom stereocenters. The van der Waals surface area contributed by atoms with Gasteiger partial charge in [0.15, 0.2) is 0 Å². The molecule has 0 aromatic rings. The van der Waals surface area contributed by atoms with Gasteiger partial charge in [0, 0.05) is 0 Å². The van der Waals surface area contributed by atoms with E-state index >= 15 is 0 Å². The van der Waals surface area contributed by atoms with E-state index < -0.39 is 11.7 Å². The molecule has 0 bridgehead atoms. The number of carbonyl (C=O) groups excluding carboxylic acids is 1. The molecule has 0 radical (unpaired) electrons. The third-order valence-electron chi connectivity index (χ3n) is 1.23. The van der Waals surface area contributed by atoms with Gasteiger partial charge >= 0.3 is 6.09 Å². The Bertz CT molecular complexity index is 370. The van der Waals surface area contributed by atoms with Crippen LogP contribution in [0.2, 0.25) is 0 Å². The average molecular weight is 369 g/mol. The summed E-state index contributed by atoms with van der Waals surface area (Å²) in [5.41, 5.74) is 5.02. The highest BCUT2D eigenvalue weighted by Crippen LogP contribution is 2.12. The molecular formula is C10H15Br2N3O2. The number of hydrogen-bond acceptors (Lipinski definition) is 4. The molecule has 0 saturated carbocycles. The Kier molecular flexibility index (Phi) is 6.48. The molecule has 3 N–H and O–H groups in total. The molecule has 0 saturated heterocycles. The van der Waals surface area contributed by atoms with E-state index in [1.807, 2.05) is 0 Å². The Balaban J connectivity index is 4.63. The van der Waals surface area contributed by atoms with Gasteiger partial charge in [-0.3, -0.25) is 5.32 Å². The smallest absolute Gasteiger partial charge is 0.413 e. The minimum atomic E-state index is -0.642. The molecule has 96 valence electrons. The van der Waals surface area contributed by atoms with Crippen LogP contribution in [-0.4, -0.2) is 16.3 Å².